The van der Waals surface area contributed by atoms with Gasteiger partial charge >= 0.3 is 0 Å². The minimum atomic E-state index is 0.691. The Bertz CT molecular complexity index is 3280. The summed E-state index contributed by atoms with van der Waals surface area (Å²) in [5.41, 5.74) is 14.0. The summed E-state index contributed by atoms with van der Waals surface area (Å²) in [6.45, 7) is 0. The van der Waals surface area contributed by atoms with E-state index in [1.54, 1.807) is 0 Å². The number of hydrogen-bond donors (Lipinski definition) is 0. The molecule has 0 N–H and O–H groups in total. The van der Waals surface area contributed by atoms with Crippen molar-refractivity contribution in [3.8, 4) is 67.4 Å². The largest absolute Gasteiger partial charge is 0.455 e. The highest BCUT2D eigenvalue weighted by atomic mass is 16.3. The van der Waals surface area contributed by atoms with Gasteiger partial charge in [-0.3, -0.25) is 0 Å². The molecule has 266 valence electrons. The molecule has 0 aliphatic heterocycles. The number of pyridine rings is 1. The average Bonchev–Trinajstić information content (AvgIpc) is 3.68. The van der Waals surface area contributed by atoms with E-state index in [0.717, 1.165) is 105 Å². The van der Waals surface area contributed by atoms with E-state index in [1.807, 2.05) is 42.5 Å². The summed E-state index contributed by atoms with van der Waals surface area (Å²) in [6, 6.07) is 69.6. The fourth-order valence-corrected chi connectivity index (χ4v) is 8.07. The summed E-state index contributed by atoms with van der Waals surface area (Å²) in [6.07, 6.45) is 0. The van der Waals surface area contributed by atoms with Crippen LogP contribution in [0.5, 0.6) is 0 Å². The summed E-state index contributed by atoms with van der Waals surface area (Å²) in [4.78, 5) is 15.5. The van der Waals surface area contributed by atoms with Crippen molar-refractivity contribution in [2.45, 2.75) is 0 Å². The number of nitrogens with zero attached hydrogens (tertiary/aromatic N) is 3. The molecule has 0 unspecified atom stereocenters. The average molecular weight is 728 g/mol. The first kappa shape index (κ1) is 32.7. The predicted octanol–water partition coefficient (Wildman–Crippen LogP) is 14.1. The van der Waals surface area contributed by atoms with Gasteiger partial charge in [0.15, 0.2) is 5.82 Å². The van der Waals surface area contributed by atoms with Gasteiger partial charge in [-0.1, -0.05) is 164 Å². The third kappa shape index (κ3) is 5.83. The summed E-state index contributed by atoms with van der Waals surface area (Å²) >= 11 is 0. The summed E-state index contributed by atoms with van der Waals surface area (Å²) in [5.74, 6) is 0.691. The summed E-state index contributed by atoms with van der Waals surface area (Å²) in [7, 11) is 0. The topological polar surface area (TPSA) is 51.8 Å². The van der Waals surface area contributed by atoms with Crippen molar-refractivity contribution < 1.29 is 4.42 Å². The Morgan fingerprint density at radius 1 is 0.316 bits per heavy atom. The van der Waals surface area contributed by atoms with Crippen LogP contribution in [0, 0.1) is 0 Å². The molecule has 0 spiro atoms. The number of fused-ring (bicyclic) bond motifs is 7. The molecular formula is C53H33N3O. The van der Waals surface area contributed by atoms with E-state index in [4.69, 9.17) is 19.4 Å². The van der Waals surface area contributed by atoms with Crippen LogP contribution in [0.4, 0.5) is 0 Å². The highest BCUT2D eigenvalue weighted by Gasteiger charge is 2.18. The lowest BCUT2D eigenvalue weighted by Gasteiger charge is -2.12. The van der Waals surface area contributed by atoms with Gasteiger partial charge in [0.1, 0.15) is 11.2 Å². The number of aromatic nitrogens is 3. The molecule has 4 nitrogen and oxygen atoms in total. The summed E-state index contributed by atoms with van der Waals surface area (Å²) < 4.78 is 6.56. The highest BCUT2D eigenvalue weighted by Crippen LogP contribution is 2.41. The maximum atomic E-state index is 6.56. The monoisotopic (exact) mass is 727 g/mol. The maximum absolute atomic E-state index is 6.56. The molecule has 11 aromatic rings. The van der Waals surface area contributed by atoms with Crippen molar-refractivity contribution in [1.82, 2.24) is 15.0 Å². The van der Waals surface area contributed by atoms with Gasteiger partial charge in [-0.25, -0.2) is 15.0 Å². The van der Waals surface area contributed by atoms with Gasteiger partial charge in [-0.2, -0.15) is 0 Å². The molecule has 0 saturated heterocycles. The fraction of sp³-hybridized carbons (Fsp3) is 0. The first-order valence-electron chi connectivity index (χ1n) is 19.2. The molecule has 3 aromatic heterocycles. The van der Waals surface area contributed by atoms with E-state index in [1.165, 1.54) is 0 Å². The lowest BCUT2D eigenvalue weighted by atomic mass is 9.95. The van der Waals surface area contributed by atoms with Gasteiger partial charge < -0.3 is 4.42 Å². The van der Waals surface area contributed by atoms with Gasteiger partial charge in [-0.15, -0.1) is 0 Å². The van der Waals surface area contributed by atoms with Crippen LogP contribution >= 0.6 is 0 Å². The van der Waals surface area contributed by atoms with Gasteiger partial charge in [0.2, 0.25) is 0 Å². The number of furan rings is 1. The van der Waals surface area contributed by atoms with Crippen LogP contribution in [-0.4, -0.2) is 15.0 Å². The van der Waals surface area contributed by atoms with Gasteiger partial charge in [0.25, 0.3) is 0 Å². The smallest absolute Gasteiger partial charge is 0.160 e. The minimum Gasteiger partial charge on any atom is -0.455 e. The molecule has 0 bridgehead atoms. The van der Waals surface area contributed by atoms with Crippen LogP contribution in [0.25, 0.3) is 111 Å². The molecule has 0 aliphatic rings. The molecule has 0 radical (unpaired) electrons. The maximum Gasteiger partial charge on any atom is 0.160 e. The quantitative estimate of drug-likeness (QED) is 0.160. The molecule has 0 saturated carbocycles. The van der Waals surface area contributed by atoms with Crippen molar-refractivity contribution in [2.75, 3.05) is 0 Å². The zero-order valence-electron chi connectivity index (χ0n) is 30.8. The lowest BCUT2D eigenvalue weighted by molar-refractivity contribution is 0.673. The Labute approximate surface area is 329 Å². The third-order valence-corrected chi connectivity index (χ3v) is 10.9. The Morgan fingerprint density at radius 2 is 0.842 bits per heavy atom. The number of rotatable bonds is 6. The van der Waals surface area contributed by atoms with E-state index in [2.05, 4.69) is 158 Å². The van der Waals surface area contributed by atoms with Gasteiger partial charge in [0.05, 0.1) is 22.6 Å². The van der Waals surface area contributed by atoms with Crippen molar-refractivity contribution in [3.05, 3.63) is 200 Å². The minimum absolute atomic E-state index is 0.691. The van der Waals surface area contributed by atoms with Gasteiger partial charge in [-0.05, 0) is 58.7 Å². The predicted molar refractivity (Wildman–Crippen MR) is 235 cm³/mol. The molecule has 57 heavy (non-hydrogen) atoms. The molecule has 3 heterocycles. The van der Waals surface area contributed by atoms with E-state index in [9.17, 15) is 0 Å². The molecule has 0 amide bonds. The van der Waals surface area contributed by atoms with E-state index < -0.39 is 0 Å². The van der Waals surface area contributed by atoms with Crippen LogP contribution in [0.2, 0.25) is 0 Å². The SMILES string of the molecule is c1ccc(-c2cccc(-c3nc(-c4ccccc4)cc(-c4ccc(-c5cccc(-c6nc7ccccc7c7c6ccc6c8ccccc8oc67)c5)cc4)n3)c2)cc1. The molecule has 8 aromatic carbocycles. The molecule has 0 aliphatic carbocycles. The van der Waals surface area contributed by atoms with Crippen molar-refractivity contribution in [3.63, 3.8) is 0 Å². The van der Waals surface area contributed by atoms with Crippen molar-refractivity contribution >= 4 is 43.6 Å². The fourth-order valence-electron chi connectivity index (χ4n) is 8.07. The van der Waals surface area contributed by atoms with E-state index in [0.29, 0.717) is 5.82 Å². The standard InChI is InChI=1S/C53H33N3O/c1-3-13-34(14-4-1)39-18-12-20-41(32-39)53-55-47(36-15-5-2-6-16-36)33-48(56-53)37-27-25-35(26-28-37)38-17-11-19-40(31-38)51-45-30-29-43-42-21-8-10-24-49(42)57-52(43)50(45)44-22-7-9-23-46(44)54-51/h1-33H. The van der Waals surface area contributed by atoms with Crippen LogP contribution in [0.15, 0.2) is 205 Å². The number of para-hydroxylation sites is 2. The van der Waals surface area contributed by atoms with Crippen molar-refractivity contribution in [1.29, 1.82) is 0 Å². The second kappa shape index (κ2) is 13.6. The zero-order valence-corrected chi connectivity index (χ0v) is 30.8. The van der Waals surface area contributed by atoms with E-state index in [-0.39, 0.29) is 0 Å². The van der Waals surface area contributed by atoms with Crippen LogP contribution in [-0.2, 0) is 0 Å². The number of benzene rings is 8. The lowest BCUT2D eigenvalue weighted by Crippen LogP contribution is -1.96. The molecule has 0 fully saturated rings. The Hall–Kier alpha value is -7.69. The number of hydrogen-bond acceptors (Lipinski definition) is 4. The zero-order chi connectivity index (χ0) is 37.7. The van der Waals surface area contributed by atoms with Crippen LogP contribution < -0.4 is 0 Å². The Morgan fingerprint density at radius 3 is 1.60 bits per heavy atom. The molecule has 11 rings (SSSR count). The van der Waals surface area contributed by atoms with E-state index >= 15 is 0 Å². The normalized spacial score (nSPS) is 11.5. The second-order valence-electron chi connectivity index (χ2n) is 14.4. The summed E-state index contributed by atoms with van der Waals surface area (Å²) in [5, 5.41) is 5.47. The van der Waals surface area contributed by atoms with Crippen LogP contribution in [0.3, 0.4) is 0 Å². The van der Waals surface area contributed by atoms with Gasteiger partial charge in [0, 0.05) is 49.2 Å². The molecule has 0 atom stereocenters. The molecule has 4 heteroatoms. The first-order chi connectivity index (χ1) is 28.2. The Kier molecular flexibility index (Phi) is 7.78. The third-order valence-electron chi connectivity index (χ3n) is 10.9. The Balaban J connectivity index is 0.992. The van der Waals surface area contributed by atoms with Crippen LogP contribution in [0.1, 0.15) is 0 Å². The second-order valence-corrected chi connectivity index (χ2v) is 14.4. The van der Waals surface area contributed by atoms with Crippen molar-refractivity contribution in [2.24, 2.45) is 0 Å². The first-order valence-corrected chi connectivity index (χ1v) is 19.2. The highest BCUT2D eigenvalue weighted by molar-refractivity contribution is 6.24. The molecular weight excluding hydrogens is 695 g/mol.